The number of carbonyl (C=O) groups is 1. The van der Waals surface area contributed by atoms with E-state index in [1.54, 1.807) is 0 Å². The number of hydrogen-bond acceptors (Lipinski definition) is 7. The second-order valence-corrected chi connectivity index (χ2v) is 7.41. The van der Waals surface area contributed by atoms with Gasteiger partial charge in [0.25, 0.3) is 0 Å². The number of sulfonamides is 1. The summed E-state index contributed by atoms with van der Waals surface area (Å²) in [6.45, 7) is 0.0250. The molecule has 1 atom stereocenters. The molecular weight excluding hydrogens is 415 g/mol. The quantitative estimate of drug-likeness (QED) is 0.561. The Kier molecular flexibility index (Phi) is 8.48. The molecule has 2 N–H and O–H groups in total. The second kappa shape index (κ2) is 9.68. The van der Waals surface area contributed by atoms with Gasteiger partial charge in [0.05, 0.1) is 13.3 Å². The van der Waals surface area contributed by atoms with Crippen LogP contribution in [0.5, 0.6) is 0 Å². The lowest BCUT2D eigenvalue weighted by Gasteiger charge is -2.35. The summed E-state index contributed by atoms with van der Waals surface area (Å²) < 4.78 is 71.8. The Bertz CT molecular complexity index is 722. The smallest absolute Gasteiger partial charge is 0.405 e. The van der Waals surface area contributed by atoms with Crippen molar-refractivity contribution in [2.24, 2.45) is 0 Å². The fourth-order valence-corrected chi connectivity index (χ4v) is 3.47. The van der Waals surface area contributed by atoms with Crippen molar-refractivity contribution < 1.29 is 31.1 Å². The number of carbonyl (C=O) groups excluding carboxylic acids is 1. The van der Waals surface area contributed by atoms with E-state index in [1.165, 1.54) is 12.0 Å². The van der Waals surface area contributed by atoms with Gasteiger partial charge >= 0.3 is 12.1 Å². The molecule has 0 amide bonds. The van der Waals surface area contributed by atoms with Crippen LogP contribution in [0.2, 0.25) is 0 Å². The molecular formula is C13H21ClF3N5O4S. The van der Waals surface area contributed by atoms with Crippen molar-refractivity contribution in [1.82, 2.24) is 24.7 Å². The van der Waals surface area contributed by atoms with E-state index in [1.807, 2.05) is 4.72 Å². The van der Waals surface area contributed by atoms with E-state index < -0.39 is 34.8 Å². The lowest BCUT2D eigenvalue weighted by molar-refractivity contribution is -0.182. The predicted molar refractivity (Wildman–Crippen MR) is 91.0 cm³/mol. The summed E-state index contributed by atoms with van der Waals surface area (Å²) in [5.41, 5.74) is 0. The molecule has 156 valence electrons. The Labute approximate surface area is 160 Å². The van der Waals surface area contributed by atoms with Gasteiger partial charge in [-0.15, -0.1) is 12.4 Å². The van der Waals surface area contributed by atoms with Crippen molar-refractivity contribution in [2.75, 3.05) is 39.8 Å². The minimum atomic E-state index is -4.57. The standard InChI is InChI=1S/C13H20F3N5O4S.ClH/c1-25-12(22)9-21-8-10(6-18-21)26(23,24)19-7-11(13(14,15)16)20-4-2-17-3-5-20;/h6,8,11,17,19H,2-5,7,9H2,1H3;1H. The van der Waals surface area contributed by atoms with Gasteiger partial charge in [0.15, 0.2) is 0 Å². The van der Waals surface area contributed by atoms with Crippen molar-refractivity contribution in [1.29, 1.82) is 0 Å². The first-order valence-electron chi connectivity index (χ1n) is 7.74. The molecule has 0 bridgehead atoms. The van der Waals surface area contributed by atoms with Crippen LogP contribution >= 0.6 is 12.4 Å². The van der Waals surface area contributed by atoms with Gasteiger partial charge in [0, 0.05) is 38.9 Å². The fraction of sp³-hybridized carbons (Fsp3) is 0.692. The summed E-state index contributed by atoms with van der Waals surface area (Å²) in [7, 11) is -3.04. The van der Waals surface area contributed by atoms with Crippen LogP contribution in [-0.4, -0.2) is 81.1 Å². The van der Waals surface area contributed by atoms with Crippen LogP contribution in [0.3, 0.4) is 0 Å². The van der Waals surface area contributed by atoms with E-state index in [2.05, 4.69) is 15.2 Å². The van der Waals surface area contributed by atoms with Crippen molar-refractivity contribution in [2.45, 2.75) is 23.7 Å². The molecule has 1 aromatic rings. The van der Waals surface area contributed by atoms with E-state index in [0.29, 0.717) is 13.1 Å². The molecule has 0 saturated carbocycles. The highest BCUT2D eigenvalue weighted by Gasteiger charge is 2.44. The maximum atomic E-state index is 13.3. The highest BCUT2D eigenvalue weighted by Crippen LogP contribution is 2.25. The maximum Gasteiger partial charge on any atom is 0.405 e. The molecule has 0 spiro atoms. The summed E-state index contributed by atoms with van der Waals surface area (Å²) in [5.74, 6) is -0.638. The molecule has 1 aliphatic rings. The minimum absolute atomic E-state index is 0. The predicted octanol–water partition coefficient (Wildman–Crippen LogP) is -0.408. The van der Waals surface area contributed by atoms with E-state index in [-0.39, 0.29) is 36.9 Å². The molecule has 1 unspecified atom stereocenters. The lowest BCUT2D eigenvalue weighted by atomic mass is 10.2. The van der Waals surface area contributed by atoms with Crippen molar-refractivity contribution >= 4 is 28.4 Å². The lowest BCUT2D eigenvalue weighted by Crippen LogP contribution is -2.57. The second-order valence-electron chi connectivity index (χ2n) is 5.65. The van der Waals surface area contributed by atoms with Crippen LogP contribution in [0, 0.1) is 0 Å². The summed E-state index contributed by atoms with van der Waals surface area (Å²) in [6.07, 6.45) is -2.57. The normalized spacial score (nSPS) is 17.2. The molecule has 2 heterocycles. The number of halogens is 4. The minimum Gasteiger partial charge on any atom is -0.468 e. The Balaban J connectivity index is 0.00000364. The highest BCUT2D eigenvalue weighted by atomic mass is 35.5. The number of rotatable bonds is 7. The van der Waals surface area contributed by atoms with Gasteiger partial charge in [-0.05, 0) is 0 Å². The van der Waals surface area contributed by atoms with E-state index in [4.69, 9.17) is 0 Å². The summed E-state index contributed by atoms with van der Waals surface area (Å²) in [6, 6.07) is -1.93. The summed E-state index contributed by atoms with van der Waals surface area (Å²) in [4.78, 5) is 12.0. The van der Waals surface area contributed by atoms with Gasteiger partial charge < -0.3 is 10.1 Å². The van der Waals surface area contributed by atoms with Crippen LogP contribution in [0.1, 0.15) is 0 Å². The maximum absolute atomic E-state index is 13.3. The molecule has 9 nitrogen and oxygen atoms in total. The molecule has 0 aliphatic carbocycles. The number of piperazine rings is 1. The van der Waals surface area contributed by atoms with Crippen molar-refractivity contribution in [3.8, 4) is 0 Å². The van der Waals surface area contributed by atoms with Crippen LogP contribution < -0.4 is 10.0 Å². The van der Waals surface area contributed by atoms with Gasteiger partial charge in [0.1, 0.15) is 17.5 Å². The van der Waals surface area contributed by atoms with E-state index >= 15 is 0 Å². The average molecular weight is 436 g/mol. The number of ether oxygens (including phenoxy) is 1. The molecule has 27 heavy (non-hydrogen) atoms. The Morgan fingerprint density at radius 2 is 2.04 bits per heavy atom. The third-order valence-electron chi connectivity index (χ3n) is 3.88. The van der Waals surface area contributed by atoms with Gasteiger partial charge in [-0.3, -0.25) is 14.4 Å². The number of esters is 1. The average Bonchev–Trinajstić information content (AvgIpc) is 3.04. The third kappa shape index (κ3) is 6.60. The van der Waals surface area contributed by atoms with Crippen LogP contribution in [-0.2, 0) is 26.1 Å². The third-order valence-corrected chi connectivity index (χ3v) is 5.25. The van der Waals surface area contributed by atoms with Gasteiger partial charge in [0.2, 0.25) is 10.0 Å². The SMILES string of the molecule is COC(=O)Cn1cc(S(=O)(=O)NCC(N2CCNCC2)C(F)(F)F)cn1.Cl. The fourth-order valence-electron chi connectivity index (χ4n) is 2.48. The molecule has 14 heteroatoms. The number of nitrogens with zero attached hydrogens (tertiary/aromatic N) is 3. The number of hydrogen-bond donors (Lipinski definition) is 2. The number of nitrogens with one attached hydrogen (secondary N) is 2. The Hall–Kier alpha value is -1.41. The molecule has 0 aromatic carbocycles. The van der Waals surface area contributed by atoms with Gasteiger partial charge in [-0.2, -0.15) is 18.3 Å². The zero-order valence-electron chi connectivity index (χ0n) is 14.4. The van der Waals surface area contributed by atoms with Crippen LogP contribution in [0.4, 0.5) is 13.2 Å². The molecule has 1 fully saturated rings. The largest absolute Gasteiger partial charge is 0.468 e. The molecule has 1 saturated heterocycles. The topological polar surface area (TPSA) is 106 Å². The first kappa shape index (κ1) is 23.6. The molecule has 2 rings (SSSR count). The van der Waals surface area contributed by atoms with Crippen LogP contribution in [0.15, 0.2) is 17.3 Å². The van der Waals surface area contributed by atoms with Crippen LogP contribution in [0.25, 0.3) is 0 Å². The van der Waals surface area contributed by atoms with Gasteiger partial charge in [-0.25, -0.2) is 13.1 Å². The monoisotopic (exact) mass is 435 g/mol. The molecule has 0 radical (unpaired) electrons. The first-order valence-corrected chi connectivity index (χ1v) is 9.22. The zero-order chi connectivity index (χ0) is 19.4. The Morgan fingerprint density at radius 1 is 1.41 bits per heavy atom. The summed E-state index contributed by atoms with van der Waals surface area (Å²) in [5, 5.41) is 6.64. The Morgan fingerprint density at radius 3 is 2.59 bits per heavy atom. The van der Waals surface area contributed by atoms with Gasteiger partial charge in [-0.1, -0.05) is 0 Å². The molecule has 1 aliphatic heterocycles. The number of methoxy groups -OCH3 is 1. The number of aromatic nitrogens is 2. The van der Waals surface area contributed by atoms with E-state index in [0.717, 1.165) is 17.1 Å². The molecule has 1 aromatic heterocycles. The van der Waals surface area contributed by atoms with Crippen molar-refractivity contribution in [3.63, 3.8) is 0 Å². The zero-order valence-corrected chi connectivity index (χ0v) is 16.0. The first-order chi connectivity index (χ1) is 12.1. The van der Waals surface area contributed by atoms with E-state index in [9.17, 15) is 26.4 Å². The highest BCUT2D eigenvalue weighted by molar-refractivity contribution is 7.89. The summed E-state index contributed by atoms with van der Waals surface area (Å²) >= 11 is 0. The number of alkyl halides is 3. The van der Waals surface area contributed by atoms with Crippen molar-refractivity contribution in [3.05, 3.63) is 12.4 Å².